The number of aromatic nitrogens is 4. The van der Waals surface area contributed by atoms with Crippen LogP contribution in [0.1, 0.15) is 29.4 Å². The number of aryl methyl sites for hydroxylation is 2. The predicted molar refractivity (Wildman–Crippen MR) is 70.0 cm³/mol. The van der Waals surface area contributed by atoms with Gasteiger partial charge in [-0.25, -0.2) is 0 Å². The van der Waals surface area contributed by atoms with E-state index in [9.17, 15) is 18.0 Å². The maximum absolute atomic E-state index is 12.6. The lowest BCUT2D eigenvalue weighted by atomic mass is 10.3. The third-order valence-electron chi connectivity index (χ3n) is 2.72. The van der Waals surface area contributed by atoms with E-state index in [0.717, 1.165) is 10.7 Å². The van der Waals surface area contributed by atoms with Crippen molar-refractivity contribution in [3.8, 4) is 0 Å². The number of rotatable bonds is 3. The normalized spacial score (nSPS) is 13.2. The van der Waals surface area contributed by atoms with E-state index in [2.05, 4.69) is 20.6 Å². The smallest absolute Gasteiger partial charge is 0.299 e. The Labute approximate surface area is 122 Å². The third-order valence-corrected chi connectivity index (χ3v) is 3.47. The lowest BCUT2D eigenvalue weighted by Gasteiger charge is -2.13. The summed E-state index contributed by atoms with van der Waals surface area (Å²) in [6, 6.07) is 0.00380. The molecule has 0 aliphatic rings. The van der Waals surface area contributed by atoms with E-state index in [0.29, 0.717) is 10.1 Å². The van der Waals surface area contributed by atoms with Crippen molar-refractivity contribution in [3.63, 3.8) is 0 Å². The SMILES string of the molecule is Cc1nnc(NC(=O)C(C)n2nc(C(F)(F)F)cc2C)s1. The summed E-state index contributed by atoms with van der Waals surface area (Å²) in [7, 11) is 0. The van der Waals surface area contributed by atoms with Crippen molar-refractivity contribution >= 4 is 22.4 Å². The first-order chi connectivity index (χ1) is 9.68. The summed E-state index contributed by atoms with van der Waals surface area (Å²) in [5, 5.41) is 14.4. The van der Waals surface area contributed by atoms with Crippen LogP contribution in [0.3, 0.4) is 0 Å². The molecule has 2 aromatic heterocycles. The average Bonchev–Trinajstić information content (AvgIpc) is 2.94. The molecule has 21 heavy (non-hydrogen) atoms. The summed E-state index contributed by atoms with van der Waals surface area (Å²) in [6.07, 6.45) is -4.54. The van der Waals surface area contributed by atoms with Gasteiger partial charge in [-0.3, -0.25) is 14.8 Å². The molecule has 6 nitrogen and oxygen atoms in total. The van der Waals surface area contributed by atoms with E-state index in [-0.39, 0.29) is 5.69 Å². The molecule has 10 heteroatoms. The number of carbonyl (C=O) groups is 1. The van der Waals surface area contributed by atoms with Gasteiger partial charge in [0.15, 0.2) is 5.69 Å². The molecule has 0 aromatic carbocycles. The van der Waals surface area contributed by atoms with Crippen LogP contribution in [0.15, 0.2) is 6.07 Å². The van der Waals surface area contributed by atoms with Crippen molar-refractivity contribution in [1.29, 1.82) is 0 Å². The second-order valence-electron chi connectivity index (χ2n) is 4.40. The molecule has 1 N–H and O–H groups in total. The lowest BCUT2D eigenvalue weighted by Crippen LogP contribution is -2.25. The van der Waals surface area contributed by atoms with E-state index in [1.54, 1.807) is 6.92 Å². The number of nitrogens with zero attached hydrogens (tertiary/aromatic N) is 4. The Kier molecular flexibility index (Phi) is 3.99. The van der Waals surface area contributed by atoms with Gasteiger partial charge in [-0.1, -0.05) is 11.3 Å². The number of halogens is 3. The molecular formula is C11H12F3N5OS. The minimum absolute atomic E-state index is 0.249. The minimum Gasteiger partial charge on any atom is -0.299 e. The summed E-state index contributed by atoms with van der Waals surface area (Å²) in [6.45, 7) is 4.65. The van der Waals surface area contributed by atoms with Gasteiger partial charge in [0.1, 0.15) is 11.0 Å². The van der Waals surface area contributed by atoms with Crippen molar-refractivity contribution < 1.29 is 18.0 Å². The Morgan fingerprint density at radius 3 is 2.52 bits per heavy atom. The molecule has 1 amide bonds. The third kappa shape index (κ3) is 3.38. The highest BCUT2D eigenvalue weighted by Crippen LogP contribution is 2.29. The molecular weight excluding hydrogens is 307 g/mol. The lowest BCUT2D eigenvalue weighted by molar-refractivity contribution is -0.141. The van der Waals surface area contributed by atoms with E-state index < -0.39 is 23.8 Å². The van der Waals surface area contributed by atoms with Gasteiger partial charge >= 0.3 is 6.18 Å². The fourth-order valence-corrected chi connectivity index (χ4v) is 2.28. The highest BCUT2D eigenvalue weighted by molar-refractivity contribution is 7.15. The predicted octanol–water partition coefficient (Wildman–Crippen LogP) is 2.57. The monoisotopic (exact) mass is 319 g/mol. The zero-order chi connectivity index (χ0) is 15.8. The number of hydrogen-bond acceptors (Lipinski definition) is 5. The molecule has 114 valence electrons. The van der Waals surface area contributed by atoms with Crippen LogP contribution in [-0.2, 0) is 11.0 Å². The van der Waals surface area contributed by atoms with Crippen molar-refractivity contribution in [2.45, 2.75) is 33.0 Å². The van der Waals surface area contributed by atoms with E-state index >= 15 is 0 Å². The van der Waals surface area contributed by atoms with Gasteiger partial charge in [-0.2, -0.15) is 18.3 Å². The van der Waals surface area contributed by atoms with E-state index in [1.807, 2.05) is 0 Å². The van der Waals surface area contributed by atoms with Crippen molar-refractivity contribution in [3.05, 3.63) is 22.5 Å². The molecule has 0 radical (unpaired) electrons. The minimum atomic E-state index is -4.54. The van der Waals surface area contributed by atoms with Gasteiger partial charge in [0.05, 0.1) is 0 Å². The maximum atomic E-state index is 12.6. The van der Waals surface area contributed by atoms with Gasteiger partial charge in [0.2, 0.25) is 5.13 Å². The second-order valence-corrected chi connectivity index (χ2v) is 5.59. The first kappa shape index (κ1) is 15.4. The zero-order valence-corrected chi connectivity index (χ0v) is 12.2. The quantitative estimate of drug-likeness (QED) is 0.944. The Morgan fingerprint density at radius 1 is 1.38 bits per heavy atom. The fraction of sp³-hybridized carbons (Fsp3) is 0.455. The van der Waals surface area contributed by atoms with Crippen LogP contribution in [0.2, 0.25) is 0 Å². The molecule has 0 aliphatic heterocycles. The van der Waals surface area contributed by atoms with Gasteiger partial charge in [-0.15, -0.1) is 10.2 Å². The molecule has 0 saturated carbocycles. The fourth-order valence-electron chi connectivity index (χ4n) is 1.69. The molecule has 0 saturated heterocycles. The molecule has 0 aliphatic carbocycles. The van der Waals surface area contributed by atoms with Crippen LogP contribution >= 0.6 is 11.3 Å². The van der Waals surface area contributed by atoms with Crippen molar-refractivity contribution in [2.75, 3.05) is 5.32 Å². The number of alkyl halides is 3. The maximum Gasteiger partial charge on any atom is 0.435 e. The van der Waals surface area contributed by atoms with Gasteiger partial charge in [-0.05, 0) is 26.8 Å². The topological polar surface area (TPSA) is 72.7 Å². The van der Waals surface area contributed by atoms with Crippen LogP contribution in [-0.4, -0.2) is 25.9 Å². The number of amides is 1. The Balaban J connectivity index is 2.17. The first-order valence-electron chi connectivity index (χ1n) is 5.93. The summed E-state index contributed by atoms with van der Waals surface area (Å²) >= 11 is 1.18. The molecule has 2 rings (SSSR count). The van der Waals surface area contributed by atoms with Gasteiger partial charge < -0.3 is 0 Å². The van der Waals surface area contributed by atoms with Crippen LogP contribution in [0.4, 0.5) is 18.3 Å². The van der Waals surface area contributed by atoms with Crippen LogP contribution in [0, 0.1) is 13.8 Å². The highest BCUT2D eigenvalue weighted by atomic mass is 32.1. The average molecular weight is 319 g/mol. The molecule has 2 aromatic rings. The van der Waals surface area contributed by atoms with Crippen LogP contribution < -0.4 is 5.32 Å². The Hall–Kier alpha value is -1.97. The van der Waals surface area contributed by atoms with Gasteiger partial charge in [0.25, 0.3) is 5.91 Å². The number of anilines is 1. The van der Waals surface area contributed by atoms with E-state index in [4.69, 9.17) is 0 Å². The molecule has 0 spiro atoms. The highest BCUT2D eigenvalue weighted by Gasteiger charge is 2.35. The Morgan fingerprint density at radius 2 is 2.05 bits per heavy atom. The summed E-state index contributed by atoms with van der Waals surface area (Å²) in [5.74, 6) is -0.508. The molecule has 1 atom stereocenters. The van der Waals surface area contributed by atoms with Crippen LogP contribution in [0.25, 0.3) is 0 Å². The molecule has 0 bridgehead atoms. The second kappa shape index (κ2) is 5.43. The summed E-state index contributed by atoms with van der Waals surface area (Å²) in [5.41, 5.74) is -0.773. The first-order valence-corrected chi connectivity index (χ1v) is 6.74. The largest absolute Gasteiger partial charge is 0.435 e. The van der Waals surface area contributed by atoms with Crippen molar-refractivity contribution in [1.82, 2.24) is 20.0 Å². The number of nitrogens with one attached hydrogen (secondary N) is 1. The van der Waals surface area contributed by atoms with E-state index in [1.165, 1.54) is 25.2 Å². The standard InChI is InChI=1S/C11H12F3N5OS/c1-5-4-8(11(12,13)14)18-19(5)6(2)9(20)15-10-17-16-7(3)21-10/h4,6H,1-3H3,(H,15,17,20). The summed E-state index contributed by atoms with van der Waals surface area (Å²) in [4.78, 5) is 12.0. The summed E-state index contributed by atoms with van der Waals surface area (Å²) < 4.78 is 38.8. The molecule has 0 fully saturated rings. The molecule has 1 unspecified atom stereocenters. The number of hydrogen-bond donors (Lipinski definition) is 1. The number of carbonyl (C=O) groups excluding carboxylic acids is 1. The zero-order valence-electron chi connectivity index (χ0n) is 11.4. The molecule has 2 heterocycles. The Bertz CT molecular complexity index is 663. The van der Waals surface area contributed by atoms with Crippen LogP contribution in [0.5, 0.6) is 0 Å². The van der Waals surface area contributed by atoms with Gasteiger partial charge in [0, 0.05) is 5.69 Å². The van der Waals surface area contributed by atoms with Crippen molar-refractivity contribution in [2.24, 2.45) is 0 Å².